The van der Waals surface area contributed by atoms with Gasteiger partial charge in [-0.3, -0.25) is 0 Å². The first-order valence-corrected chi connectivity index (χ1v) is 7.95. The molecule has 6 heteroatoms. The molecule has 3 rings (SSSR count). The highest BCUT2D eigenvalue weighted by Gasteiger charge is 2.08. The Hall–Kier alpha value is -2.73. The second-order valence-electron chi connectivity index (χ2n) is 5.78. The Morgan fingerprint density at radius 3 is 2.54 bits per heavy atom. The van der Waals surface area contributed by atoms with E-state index in [0.29, 0.717) is 16.3 Å². The van der Waals surface area contributed by atoms with Crippen molar-refractivity contribution in [2.45, 2.75) is 20.8 Å². The normalized spacial score (nSPS) is 11.3. The molecule has 0 amide bonds. The predicted molar refractivity (Wildman–Crippen MR) is 98.2 cm³/mol. The van der Waals surface area contributed by atoms with Crippen molar-refractivity contribution in [2.24, 2.45) is 5.10 Å². The third-order valence-electron chi connectivity index (χ3n) is 3.76. The smallest absolute Gasteiger partial charge is 0.216 e. The molecule has 1 aromatic heterocycles. The molecule has 0 radical (unpaired) electrons. The minimum atomic E-state index is 0.313. The van der Waals surface area contributed by atoms with E-state index >= 15 is 0 Å². The molecule has 0 aliphatic heterocycles. The monoisotopic (exact) mass is 338 g/mol. The first-order valence-electron chi connectivity index (χ1n) is 7.55. The largest absolute Gasteiger partial charge is 0.507 e. The van der Waals surface area contributed by atoms with Gasteiger partial charge in [0.1, 0.15) is 5.75 Å². The zero-order valence-electron chi connectivity index (χ0n) is 13.7. The third kappa shape index (κ3) is 3.14. The molecule has 0 saturated heterocycles. The van der Waals surface area contributed by atoms with Crippen molar-refractivity contribution in [3.63, 3.8) is 0 Å². The van der Waals surface area contributed by atoms with Crippen LogP contribution in [0.25, 0.3) is 11.4 Å². The zero-order valence-corrected chi connectivity index (χ0v) is 14.6. The average molecular weight is 338 g/mol. The van der Waals surface area contributed by atoms with E-state index in [1.165, 1.54) is 0 Å². The van der Waals surface area contributed by atoms with Gasteiger partial charge in [-0.1, -0.05) is 23.8 Å². The summed E-state index contributed by atoms with van der Waals surface area (Å²) in [5.74, 6) is 0.972. The van der Waals surface area contributed by atoms with Crippen LogP contribution in [0.5, 0.6) is 5.75 Å². The summed E-state index contributed by atoms with van der Waals surface area (Å²) in [6.07, 6.45) is 1.71. The highest BCUT2D eigenvalue weighted by atomic mass is 32.1. The predicted octanol–water partition coefficient (Wildman–Crippen LogP) is 4.12. The van der Waals surface area contributed by atoms with E-state index in [2.05, 4.69) is 15.3 Å². The van der Waals surface area contributed by atoms with Gasteiger partial charge >= 0.3 is 0 Å². The van der Waals surface area contributed by atoms with Crippen LogP contribution in [0.1, 0.15) is 22.3 Å². The van der Waals surface area contributed by atoms with Crippen molar-refractivity contribution in [3.8, 4) is 17.1 Å². The Labute approximate surface area is 145 Å². The quantitative estimate of drug-likeness (QED) is 0.557. The standard InChI is InChI=1S/C18H18N4OS/c1-11-5-4-6-15(7-11)17-20-21-18(24)22(17)19-10-14-8-12(2)16(23)13(3)9-14/h4-10,23H,1-3H3,(H,21,24)/b19-10+. The van der Waals surface area contributed by atoms with Crippen molar-refractivity contribution < 1.29 is 5.11 Å². The lowest BCUT2D eigenvalue weighted by molar-refractivity contribution is 0.467. The summed E-state index contributed by atoms with van der Waals surface area (Å²) in [4.78, 5) is 0. The van der Waals surface area contributed by atoms with Crippen LogP contribution < -0.4 is 0 Å². The Kier molecular flexibility index (Phi) is 4.31. The summed E-state index contributed by atoms with van der Waals surface area (Å²) >= 11 is 5.28. The molecule has 0 spiro atoms. The van der Waals surface area contributed by atoms with Crippen LogP contribution in [0.2, 0.25) is 0 Å². The number of nitrogens with one attached hydrogen (secondary N) is 1. The molecule has 0 atom stereocenters. The number of hydrogen-bond donors (Lipinski definition) is 2. The Morgan fingerprint density at radius 1 is 1.17 bits per heavy atom. The Bertz CT molecular complexity index is 962. The van der Waals surface area contributed by atoms with Crippen LogP contribution in [0.4, 0.5) is 0 Å². The van der Waals surface area contributed by atoms with Crippen LogP contribution in [0.3, 0.4) is 0 Å². The van der Waals surface area contributed by atoms with Gasteiger partial charge in [0.05, 0.1) is 6.21 Å². The number of H-pyrrole nitrogens is 1. The van der Waals surface area contributed by atoms with Gasteiger partial charge in [-0.15, -0.1) is 0 Å². The molecule has 24 heavy (non-hydrogen) atoms. The number of hydrogen-bond acceptors (Lipinski definition) is 4. The number of phenolic OH excluding ortho intramolecular Hbond substituents is 1. The second kappa shape index (κ2) is 6.41. The number of benzene rings is 2. The van der Waals surface area contributed by atoms with E-state index in [-0.39, 0.29) is 0 Å². The SMILES string of the molecule is Cc1cccc(-c2n[nH]c(=S)n2/N=C/c2cc(C)c(O)c(C)c2)c1. The fourth-order valence-electron chi connectivity index (χ4n) is 2.56. The van der Waals surface area contributed by atoms with Crippen LogP contribution in [0.15, 0.2) is 41.5 Å². The third-order valence-corrected chi connectivity index (χ3v) is 4.03. The van der Waals surface area contributed by atoms with Gasteiger partial charge in [0, 0.05) is 5.56 Å². The van der Waals surface area contributed by atoms with E-state index in [1.54, 1.807) is 10.9 Å². The van der Waals surface area contributed by atoms with E-state index in [1.807, 2.05) is 57.2 Å². The topological polar surface area (TPSA) is 66.2 Å². The molecule has 1 heterocycles. The van der Waals surface area contributed by atoms with E-state index < -0.39 is 0 Å². The molecule has 3 aromatic rings. The summed E-state index contributed by atoms with van der Waals surface area (Å²) in [7, 11) is 0. The number of aromatic amines is 1. The average Bonchev–Trinajstić information content (AvgIpc) is 2.91. The van der Waals surface area contributed by atoms with Crippen LogP contribution in [-0.2, 0) is 0 Å². The number of rotatable bonds is 3. The minimum absolute atomic E-state index is 0.313. The number of aromatic hydroxyl groups is 1. The maximum atomic E-state index is 9.86. The molecule has 0 aliphatic carbocycles. The summed E-state index contributed by atoms with van der Waals surface area (Å²) in [6, 6.07) is 11.8. The zero-order chi connectivity index (χ0) is 17.3. The van der Waals surface area contributed by atoms with E-state index in [0.717, 1.165) is 27.8 Å². The minimum Gasteiger partial charge on any atom is -0.507 e. The molecule has 0 saturated carbocycles. The summed E-state index contributed by atoms with van der Waals surface area (Å²) in [6.45, 7) is 5.75. The fourth-order valence-corrected chi connectivity index (χ4v) is 2.74. The van der Waals surface area contributed by atoms with Crippen molar-refractivity contribution in [2.75, 3.05) is 0 Å². The second-order valence-corrected chi connectivity index (χ2v) is 6.17. The Morgan fingerprint density at radius 2 is 1.88 bits per heavy atom. The molecule has 122 valence electrons. The van der Waals surface area contributed by atoms with Gasteiger partial charge in [-0.05, 0) is 67.9 Å². The first kappa shape index (κ1) is 16.1. The maximum Gasteiger partial charge on any atom is 0.216 e. The lowest BCUT2D eigenvalue weighted by atomic mass is 10.1. The van der Waals surface area contributed by atoms with Crippen molar-refractivity contribution in [1.82, 2.24) is 14.9 Å². The van der Waals surface area contributed by atoms with Gasteiger partial charge in [-0.2, -0.15) is 14.9 Å². The van der Waals surface area contributed by atoms with Gasteiger partial charge in [0.25, 0.3) is 0 Å². The molecule has 0 aliphatic rings. The van der Waals surface area contributed by atoms with Gasteiger partial charge in [0.2, 0.25) is 4.77 Å². The molecule has 0 unspecified atom stereocenters. The summed E-state index contributed by atoms with van der Waals surface area (Å²) in [5, 5.41) is 21.4. The summed E-state index contributed by atoms with van der Waals surface area (Å²) < 4.78 is 2.02. The molecule has 0 fully saturated rings. The van der Waals surface area contributed by atoms with Crippen LogP contribution in [-0.4, -0.2) is 26.2 Å². The van der Waals surface area contributed by atoms with Gasteiger partial charge in [-0.25, -0.2) is 5.10 Å². The number of nitrogens with zero attached hydrogens (tertiary/aromatic N) is 3. The number of phenols is 1. The first-order chi connectivity index (χ1) is 11.5. The fraction of sp³-hybridized carbons (Fsp3) is 0.167. The van der Waals surface area contributed by atoms with E-state index in [9.17, 15) is 5.11 Å². The Balaban J connectivity index is 2.02. The molecule has 2 N–H and O–H groups in total. The number of aryl methyl sites for hydroxylation is 3. The van der Waals surface area contributed by atoms with Gasteiger partial charge in [0.15, 0.2) is 5.82 Å². The van der Waals surface area contributed by atoms with Crippen LogP contribution in [0, 0.1) is 25.5 Å². The van der Waals surface area contributed by atoms with E-state index in [4.69, 9.17) is 12.2 Å². The van der Waals surface area contributed by atoms with Crippen LogP contribution >= 0.6 is 12.2 Å². The lowest BCUT2D eigenvalue weighted by Crippen LogP contribution is -1.96. The molecule has 2 aromatic carbocycles. The molecule has 5 nitrogen and oxygen atoms in total. The highest BCUT2D eigenvalue weighted by molar-refractivity contribution is 7.71. The van der Waals surface area contributed by atoms with Crippen molar-refractivity contribution in [3.05, 3.63) is 63.4 Å². The van der Waals surface area contributed by atoms with Crippen molar-refractivity contribution >= 4 is 18.4 Å². The number of aromatic nitrogens is 3. The molecular weight excluding hydrogens is 320 g/mol. The molecule has 0 bridgehead atoms. The highest BCUT2D eigenvalue weighted by Crippen LogP contribution is 2.22. The van der Waals surface area contributed by atoms with Gasteiger partial charge < -0.3 is 5.11 Å². The molecular formula is C18H18N4OS. The summed E-state index contributed by atoms with van der Waals surface area (Å²) in [5.41, 5.74) is 4.60. The maximum absolute atomic E-state index is 9.86. The van der Waals surface area contributed by atoms with Crippen molar-refractivity contribution in [1.29, 1.82) is 0 Å². The lowest BCUT2D eigenvalue weighted by Gasteiger charge is -2.05.